The topological polar surface area (TPSA) is 60.1 Å². The van der Waals surface area contributed by atoms with Crippen LogP contribution >= 0.6 is 23.2 Å². The molecule has 4 aromatic rings. The number of fused-ring (bicyclic) bond motifs is 1. The molecule has 0 atom stereocenters. The van der Waals surface area contributed by atoms with E-state index >= 15 is 0 Å². The largest absolute Gasteiger partial charge is 0.365 e. The number of rotatable bonds is 7. The molecule has 0 aliphatic carbocycles. The lowest BCUT2D eigenvalue weighted by molar-refractivity contribution is 0.132. The van der Waals surface area contributed by atoms with Gasteiger partial charge in [0.05, 0.1) is 5.39 Å². The fraction of sp³-hybridized carbons (Fsp3) is 0.308. The minimum Gasteiger partial charge on any atom is -0.365 e. The Bertz CT molecular complexity index is 1260. The Morgan fingerprint density at radius 1 is 0.941 bits per heavy atom. The summed E-state index contributed by atoms with van der Waals surface area (Å²) in [6.07, 6.45) is 1.56. The number of benzene rings is 2. The van der Waals surface area contributed by atoms with Gasteiger partial charge in [-0.15, -0.1) is 0 Å². The quantitative estimate of drug-likeness (QED) is 0.346. The van der Waals surface area contributed by atoms with Crippen molar-refractivity contribution in [2.24, 2.45) is 0 Å². The van der Waals surface area contributed by atoms with Crippen LogP contribution in [-0.2, 0) is 13.1 Å². The standard InChI is InChI=1S/C26H28Cl2N6/c1-2-33-9-11-34(12-10-33)16-18-3-5-19(6-4-18)24-14-22-25(30-17-31-26(22)32-24)29-15-20-13-21(27)7-8-23(20)28/h3-8,13-14,17H,2,9-12,15-16H2,1H3,(H2,29,30,31,32). The van der Waals surface area contributed by atoms with E-state index in [0.717, 1.165) is 72.9 Å². The number of hydrogen-bond acceptors (Lipinski definition) is 5. The van der Waals surface area contributed by atoms with Crippen molar-refractivity contribution >= 4 is 40.1 Å². The van der Waals surface area contributed by atoms with Crippen LogP contribution in [0.25, 0.3) is 22.3 Å². The van der Waals surface area contributed by atoms with Gasteiger partial charge < -0.3 is 15.2 Å². The third-order valence-corrected chi connectivity index (χ3v) is 7.07. The van der Waals surface area contributed by atoms with Crippen LogP contribution in [-0.4, -0.2) is 57.5 Å². The van der Waals surface area contributed by atoms with E-state index < -0.39 is 0 Å². The van der Waals surface area contributed by atoms with E-state index in [2.05, 4.69) is 67.3 Å². The third kappa shape index (κ3) is 5.20. The molecule has 0 bridgehead atoms. The maximum atomic E-state index is 6.31. The Hall–Kier alpha value is -2.64. The number of piperazine rings is 1. The molecular weight excluding hydrogens is 467 g/mol. The summed E-state index contributed by atoms with van der Waals surface area (Å²) < 4.78 is 0. The molecule has 0 saturated carbocycles. The molecular formula is C26H28Cl2N6. The highest BCUT2D eigenvalue weighted by molar-refractivity contribution is 6.33. The number of nitrogens with one attached hydrogen (secondary N) is 2. The van der Waals surface area contributed by atoms with E-state index in [1.807, 2.05) is 6.07 Å². The summed E-state index contributed by atoms with van der Waals surface area (Å²) in [5.74, 6) is 0.756. The minimum absolute atomic E-state index is 0.521. The number of anilines is 1. The molecule has 3 heterocycles. The molecule has 0 amide bonds. The molecule has 1 fully saturated rings. The molecule has 8 heteroatoms. The van der Waals surface area contributed by atoms with Crippen molar-refractivity contribution in [1.29, 1.82) is 0 Å². The predicted molar refractivity (Wildman–Crippen MR) is 141 cm³/mol. The molecule has 2 aromatic heterocycles. The molecule has 1 aliphatic rings. The summed E-state index contributed by atoms with van der Waals surface area (Å²) in [6, 6.07) is 16.3. The van der Waals surface area contributed by atoms with Crippen molar-refractivity contribution in [1.82, 2.24) is 24.8 Å². The molecule has 176 valence electrons. The van der Waals surface area contributed by atoms with Gasteiger partial charge >= 0.3 is 0 Å². The summed E-state index contributed by atoms with van der Waals surface area (Å²) in [5.41, 5.74) is 5.19. The average Bonchev–Trinajstić information content (AvgIpc) is 3.30. The van der Waals surface area contributed by atoms with Crippen LogP contribution in [0.4, 0.5) is 5.82 Å². The second kappa shape index (κ2) is 10.3. The second-order valence-corrected chi connectivity index (χ2v) is 9.51. The number of hydrogen-bond donors (Lipinski definition) is 2. The molecule has 34 heavy (non-hydrogen) atoms. The molecule has 0 radical (unpaired) electrons. The van der Waals surface area contributed by atoms with E-state index in [9.17, 15) is 0 Å². The highest BCUT2D eigenvalue weighted by Crippen LogP contribution is 2.28. The van der Waals surface area contributed by atoms with Crippen LogP contribution in [0.15, 0.2) is 54.9 Å². The minimum atomic E-state index is 0.521. The summed E-state index contributed by atoms with van der Waals surface area (Å²) >= 11 is 12.4. The number of aromatic nitrogens is 3. The first-order valence-corrected chi connectivity index (χ1v) is 12.4. The Morgan fingerprint density at radius 2 is 1.71 bits per heavy atom. The zero-order valence-corrected chi connectivity index (χ0v) is 20.7. The molecule has 6 nitrogen and oxygen atoms in total. The molecule has 5 rings (SSSR count). The van der Waals surface area contributed by atoms with Crippen LogP contribution in [0, 0.1) is 0 Å². The van der Waals surface area contributed by atoms with Crippen molar-refractivity contribution < 1.29 is 0 Å². The Labute approximate surface area is 209 Å². The van der Waals surface area contributed by atoms with Crippen molar-refractivity contribution in [3.63, 3.8) is 0 Å². The van der Waals surface area contributed by atoms with Crippen molar-refractivity contribution in [2.45, 2.75) is 20.0 Å². The van der Waals surface area contributed by atoms with Crippen LogP contribution in [0.1, 0.15) is 18.1 Å². The summed E-state index contributed by atoms with van der Waals surface area (Å²) in [5, 5.41) is 5.64. The van der Waals surface area contributed by atoms with Crippen LogP contribution in [0.5, 0.6) is 0 Å². The molecule has 0 spiro atoms. The Kier molecular flexibility index (Phi) is 7.02. The molecule has 2 N–H and O–H groups in total. The zero-order valence-electron chi connectivity index (χ0n) is 19.2. The second-order valence-electron chi connectivity index (χ2n) is 8.66. The predicted octanol–water partition coefficient (Wildman–Crippen LogP) is 5.68. The van der Waals surface area contributed by atoms with Gasteiger partial charge in [0.2, 0.25) is 0 Å². The third-order valence-electron chi connectivity index (χ3n) is 6.46. The van der Waals surface area contributed by atoms with Gasteiger partial charge in [0.25, 0.3) is 0 Å². The normalized spacial score (nSPS) is 15.1. The van der Waals surface area contributed by atoms with E-state index in [1.54, 1.807) is 18.5 Å². The molecule has 1 aliphatic heterocycles. The van der Waals surface area contributed by atoms with E-state index in [-0.39, 0.29) is 0 Å². The lowest BCUT2D eigenvalue weighted by Gasteiger charge is -2.34. The monoisotopic (exact) mass is 494 g/mol. The van der Waals surface area contributed by atoms with E-state index in [1.165, 1.54) is 5.56 Å². The number of likely N-dealkylation sites (N-methyl/N-ethyl adjacent to an activating group) is 1. The first-order chi connectivity index (χ1) is 16.6. The van der Waals surface area contributed by atoms with Gasteiger partial charge in [0.1, 0.15) is 17.8 Å². The number of halogens is 2. The fourth-order valence-electron chi connectivity index (χ4n) is 4.41. The van der Waals surface area contributed by atoms with Crippen molar-refractivity contribution in [2.75, 3.05) is 38.0 Å². The van der Waals surface area contributed by atoms with Crippen molar-refractivity contribution in [3.05, 3.63) is 76.0 Å². The summed E-state index contributed by atoms with van der Waals surface area (Å²) in [7, 11) is 0. The number of nitrogens with zero attached hydrogens (tertiary/aromatic N) is 4. The highest BCUT2D eigenvalue weighted by Gasteiger charge is 2.16. The Balaban J connectivity index is 1.29. The SMILES string of the molecule is CCN1CCN(Cc2ccc(-c3cc4c(NCc5cc(Cl)ccc5Cl)ncnc4[nH]3)cc2)CC1. The fourth-order valence-corrected chi connectivity index (χ4v) is 4.78. The van der Waals surface area contributed by atoms with Gasteiger partial charge in [-0.05, 0) is 47.5 Å². The van der Waals surface area contributed by atoms with Gasteiger partial charge in [-0.3, -0.25) is 4.90 Å². The van der Waals surface area contributed by atoms with E-state index in [0.29, 0.717) is 16.6 Å². The smallest absolute Gasteiger partial charge is 0.143 e. The van der Waals surface area contributed by atoms with Gasteiger partial charge in [-0.1, -0.05) is 54.4 Å². The number of aromatic amines is 1. The van der Waals surface area contributed by atoms with Gasteiger partial charge in [-0.2, -0.15) is 0 Å². The molecule has 1 saturated heterocycles. The number of H-pyrrole nitrogens is 1. The first-order valence-electron chi connectivity index (χ1n) is 11.6. The Morgan fingerprint density at radius 3 is 2.47 bits per heavy atom. The molecule has 0 unspecified atom stereocenters. The zero-order chi connectivity index (χ0) is 23.5. The van der Waals surface area contributed by atoms with Gasteiger partial charge in [0.15, 0.2) is 0 Å². The van der Waals surface area contributed by atoms with Gasteiger partial charge in [0, 0.05) is 55.0 Å². The lowest BCUT2D eigenvalue weighted by Crippen LogP contribution is -2.45. The van der Waals surface area contributed by atoms with Crippen molar-refractivity contribution in [3.8, 4) is 11.3 Å². The highest BCUT2D eigenvalue weighted by atomic mass is 35.5. The summed E-state index contributed by atoms with van der Waals surface area (Å²) in [6.45, 7) is 9.47. The average molecular weight is 495 g/mol. The van der Waals surface area contributed by atoms with Crippen LogP contribution < -0.4 is 5.32 Å². The van der Waals surface area contributed by atoms with Crippen LogP contribution in [0.2, 0.25) is 10.0 Å². The maximum Gasteiger partial charge on any atom is 0.143 e. The summed E-state index contributed by atoms with van der Waals surface area (Å²) in [4.78, 5) is 17.3. The van der Waals surface area contributed by atoms with Gasteiger partial charge in [-0.25, -0.2) is 9.97 Å². The molecule has 2 aromatic carbocycles. The first kappa shape index (κ1) is 23.1. The lowest BCUT2D eigenvalue weighted by atomic mass is 10.1. The van der Waals surface area contributed by atoms with Crippen LogP contribution in [0.3, 0.4) is 0 Å². The maximum absolute atomic E-state index is 6.31. The van der Waals surface area contributed by atoms with E-state index in [4.69, 9.17) is 23.2 Å².